The molecule has 0 unspecified atom stereocenters. The van der Waals surface area contributed by atoms with Crippen molar-refractivity contribution in [3.63, 3.8) is 0 Å². The number of nitrogens with one attached hydrogen (secondary N) is 1. The number of anilines is 1. The number of carbonyl (C=O) groups excluding carboxylic acids is 3. The Morgan fingerprint density at radius 2 is 1.73 bits per heavy atom. The van der Waals surface area contributed by atoms with E-state index >= 15 is 0 Å². The van der Waals surface area contributed by atoms with Gasteiger partial charge < -0.3 is 20.0 Å². The molecule has 0 saturated heterocycles. The van der Waals surface area contributed by atoms with Crippen molar-refractivity contribution in [1.82, 2.24) is 0 Å². The number of carboxylic acid groups (broad SMARTS) is 1. The Bertz CT molecular complexity index is 737. The van der Waals surface area contributed by atoms with Crippen LogP contribution in [0.1, 0.15) is 30.6 Å². The molecule has 4 atom stereocenters. The van der Waals surface area contributed by atoms with Crippen LogP contribution in [-0.4, -0.2) is 24.5 Å². The first-order valence-corrected chi connectivity index (χ1v) is 8.84. The Hall–Kier alpha value is -2.63. The first-order valence-electron chi connectivity index (χ1n) is 8.84. The summed E-state index contributed by atoms with van der Waals surface area (Å²) in [5.41, 5.74) is 0.915. The Morgan fingerprint density at radius 1 is 1.12 bits per heavy atom. The second-order valence-corrected chi connectivity index (χ2v) is 7.38. The van der Waals surface area contributed by atoms with Gasteiger partial charge in [-0.3, -0.25) is 4.79 Å². The summed E-state index contributed by atoms with van der Waals surface area (Å²) in [4.78, 5) is 35.9. The van der Waals surface area contributed by atoms with E-state index in [0.717, 1.165) is 0 Å². The molecule has 1 amide bonds. The van der Waals surface area contributed by atoms with Gasteiger partial charge >= 0.3 is 5.97 Å². The third-order valence-corrected chi connectivity index (χ3v) is 4.97. The zero-order chi connectivity index (χ0) is 18.8. The number of carbonyl (C=O) groups is 3. The Labute approximate surface area is 152 Å². The number of hydrogen-bond acceptors (Lipinski definition) is 5. The molecule has 2 aliphatic rings. The van der Waals surface area contributed by atoms with Gasteiger partial charge in [-0.2, -0.15) is 0 Å². The summed E-state index contributed by atoms with van der Waals surface area (Å²) in [7, 11) is 0. The van der Waals surface area contributed by atoms with Crippen molar-refractivity contribution in [2.45, 2.75) is 20.3 Å². The van der Waals surface area contributed by atoms with E-state index in [0.29, 0.717) is 24.3 Å². The van der Waals surface area contributed by atoms with Gasteiger partial charge in [-0.05, 0) is 48.4 Å². The Morgan fingerprint density at radius 3 is 2.31 bits per heavy atom. The molecule has 1 N–H and O–H groups in total. The molecule has 1 saturated carbocycles. The molecule has 0 aromatic heterocycles. The molecule has 6 heteroatoms. The minimum absolute atomic E-state index is 0.0619. The highest BCUT2D eigenvalue weighted by Crippen LogP contribution is 2.48. The van der Waals surface area contributed by atoms with Crippen molar-refractivity contribution in [1.29, 1.82) is 0 Å². The summed E-state index contributed by atoms with van der Waals surface area (Å²) in [6, 6.07) is 6.38. The maximum absolute atomic E-state index is 12.6. The number of esters is 1. The first-order chi connectivity index (χ1) is 12.4. The van der Waals surface area contributed by atoms with Gasteiger partial charge in [-0.25, -0.2) is 4.79 Å². The molecule has 1 aromatic rings. The molecular weight excluding hydrogens is 334 g/mol. The fourth-order valence-corrected chi connectivity index (χ4v) is 3.74. The van der Waals surface area contributed by atoms with E-state index < -0.39 is 23.8 Å². The van der Waals surface area contributed by atoms with Gasteiger partial charge in [0.15, 0.2) is 0 Å². The summed E-state index contributed by atoms with van der Waals surface area (Å²) in [5, 5.41) is 14.2. The van der Waals surface area contributed by atoms with Crippen LogP contribution < -0.4 is 10.4 Å². The minimum atomic E-state index is -1.18. The molecule has 2 aliphatic carbocycles. The first kappa shape index (κ1) is 18.2. The zero-order valence-electron chi connectivity index (χ0n) is 14.8. The summed E-state index contributed by atoms with van der Waals surface area (Å²) < 4.78 is 5.16. The van der Waals surface area contributed by atoms with Gasteiger partial charge in [0, 0.05) is 17.6 Å². The standard InChI is InChI=1S/C20H23NO5/c1-11(2)10-26-20(25)12-5-7-15(8-6-12)21-18(22)16-13-3-4-14(9-13)17(16)19(23)24/h3-8,11,13-14,16-17H,9-10H2,1-2H3,(H,21,22)(H,23,24)/p-1/t13-,14-,16-,17-/m0/s1. The van der Waals surface area contributed by atoms with Crippen LogP contribution in [-0.2, 0) is 14.3 Å². The lowest BCUT2D eigenvalue weighted by Crippen LogP contribution is -2.42. The van der Waals surface area contributed by atoms with Crippen LogP contribution in [0.2, 0.25) is 0 Å². The van der Waals surface area contributed by atoms with Gasteiger partial charge in [0.05, 0.1) is 18.1 Å². The smallest absolute Gasteiger partial charge is 0.338 e. The lowest BCUT2D eigenvalue weighted by Gasteiger charge is -2.27. The van der Waals surface area contributed by atoms with E-state index in [4.69, 9.17) is 4.74 Å². The second-order valence-electron chi connectivity index (χ2n) is 7.38. The largest absolute Gasteiger partial charge is 0.550 e. The summed E-state index contributed by atoms with van der Waals surface area (Å²) in [6.45, 7) is 4.26. The predicted octanol–water partition coefficient (Wildman–Crippen LogP) is 1.63. The summed E-state index contributed by atoms with van der Waals surface area (Å²) in [5.74, 6) is -3.25. The van der Waals surface area contributed by atoms with Crippen molar-refractivity contribution in [3.05, 3.63) is 42.0 Å². The summed E-state index contributed by atoms with van der Waals surface area (Å²) in [6.07, 6.45) is 4.46. The number of ether oxygens (including phenoxy) is 1. The average Bonchev–Trinajstić information content (AvgIpc) is 3.21. The molecule has 0 radical (unpaired) electrons. The Kier molecular flexibility index (Phi) is 5.11. The topological polar surface area (TPSA) is 95.5 Å². The van der Waals surface area contributed by atoms with Gasteiger partial charge in [0.2, 0.25) is 5.91 Å². The van der Waals surface area contributed by atoms with Gasteiger partial charge in [0.1, 0.15) is 0 Å². The van der Waals surface area contributed by atoms with E-state index in [1.54, 1.807) is 24.3 Å². The SMILES string of the molecule is CC(C)COC(=O)c1ccc(NC(=O)[C@@H]2[C@@H](C(=O)[O-])[C@H]3C=C[C@H]2C3)cc1. The monoisotopic (exact) mass is 356 g/mol. The van der Waals surface area contributed by atoms with Gasteiger partial charge in [-0.1, -0.05) is 26.0 Å². The van der Waals surface area contributed by atoms with E-state index in [2.05, 4.69) is 5.32 Å². The highest BCUT2D eigenvalue weighted by atomic mass is 16.5. The van der Waals surface area contributed by atoms with Crippen LogP contribution in [0.25, 0.3) is 0 Å². The number of fused-ring (bicyclic) bond motifs is 2. The lowest BCUT2D eigenvalue weighted by molar-refractivity contribution is -0.313. The van der Waals surface area contributed by atoms with Crippen LogP contribution in [0.3, 0.4) is 0 Å². The van der Waals surface area contributed by atoms with E-state index in [-0.39, 0.29) is 23.7 Å². The molecule has 26 heavy (non-hydrogen) atoms. The fourth-order valence-electron chi connectivity index (χ4n) is 3.74. The third-order valence-electron chi connectivity index (χ3n) is 4.97. The van der Waals surface area contributed by atoms with Crippen molar-refractivity contribution in [2.24, 2.45) is 29.6 Å². The van der Waals surface area contributed by atoms with Crippen LogP contribution >= 0.6 is 0 Å². The van der Waals surface area contributed by atoms with Crippen LogP contribution in [0.15, 0.2) is 36.4 Å². The minimum Gasteiger partial charge on any atom is -0.550 e. The number of amides is 1. The van der Waals surface area contributed by atoms with Crippen molar-refractivity contribution >= 4 is 23.5 Å². The molecule has 1 fully saturated rings. The quantitative estimate of drug-likeness (QED) is 0.617. The molecule has 1 aromatic carbocycles. The third kappa shape index (κ3) is 3.64. The van der Waals surface area contributed by atoms with Crippen LogP contribution in [0, 0.1) is 29.6 Å². The normalized spacial score (nSPS) is 26.1. The number of allylic oxidation sites excluding steroid dienone is 2. The van der Waals surface area contributed by atoms with Gasteiger partial charge in [-0.15, -0.1) is 0 Å². The number of carboxylic acids is 1. The molecule has 3 rings (SSSR count). The number of rotatable bonds is 6. The van der Waals surface area contributed by atoms with E-state index in [1.165, 1.54) is 0 Å². The molecule has 6 nitrogen and oxygen atoms in total. The average molecular weight is 356 g/mol. The number of benzene rings is 1. The fraction of sp³-hybridized carbons (Fsp3) is 0.450. The predicted molar refractivity (Wildman–Crippen MR) is 92.9 cm³/mol. The van der Waals surface area contributed by atoms with E-state index in [9.17, 15) is 19.5 Å². The highest BCUT2D eigenvalue weighted by Gasteiger charge is 2.48. The lowest BCUT2D eigenvalue weighted by atomic mass is 9.82. The van der Waals surface area contributed by atoms with E-state index in [1.807, 2.05) is 26.0 Å². The second kappa shape index (κ2) is 7.32. The molecule has 2 bridgehead atoms. The molecule has 138 valence electrons. The maximum atomic E-state index is 12.6. The Balaban J connectivity index is 1.64. The molecule has 0 spiro atoms. The maximum Gasteiger partial charge on any atom is 0.338 e. The molecule has 0 heterocycles. The summed E-state index contributed by atoms with van der Waals surface area (Å²) >= 11 is 0. The highest BCUT2D eigenvalue weighted by molar-refractivity contribution is 5.97. The van der Waals surface area contributed by atoms with Crippen LogP contribution in [0.4, 0.5) is 5.69 Å². The van der Waals surface area contributed by atoms with Gasteiger partial charge in [0.25, 0.3) is 0 Å². The van der Waals surface area contributed by atoms with Crippen LogP contribution in [0.5, 0.6) is 0 Å². The number of hydrogen-bond donors (Lipinski definition) is 1. The number of aliphatic carboxylic acids is 1. The van der Waals surface area contributed by atoms with Crippen molar-refractivity contribution in [2.75, 3.05) is 11.9 Å². The zero-order valence-corrected chi connectivity index (χ0v) is 14.8. The van der Waals surface area contributed by atoms with Crippen molar-refractivity contribution < 1.29 is 24.2 Å². The molecule has 0 aliphatic heterocycles. The van der Waals surface area contributed by atoms with Crippen molar-refractivity contribution in [3.8, 4) is 0 Å². The molecular formula is C20H22NO5-.